The number of aryl methyl sites for hydroxylation is 2. The zero-order chi connectivity index (χ0) is 17.9. The molecule has 1 aliphatic carbocycles. The maximum atomic E-state index is 12.3. The number of rotatable bonds is 5. The van der Waals surface area contributed by atoms with Crippen molar-refractivity contribution < 1.29 is 14.3 Å². The molecule has 1 aliphatic heterocycles. The van der Waals surface area contributed by atoms with Crippen LogP contribution in [0.2, 0.25) is 0 Å². The van der Waals surface area contributed by atoms with Gasteiger partial charge >= 0.3 is 0 Å². The van der Waals surface area contributed by atoms with Gasteiger partial charge in [0.1, 0.15) is 5.75 Å². The third-order valence-electron chi connectivity index (χ3n) is 4.98. The Kier molecular flexibility index (Phi) is 4.61. The highest BCUT2D eigenvalue weighted by molar-refractivity contribution is 6.02. The van der Waals surface area contributed by atoms with E-state index in [-0.39, 0.29) is 18.4 Å². The summed E-state index contributed by atoms with van der Waals surface area (Å²) in [7, 11) is 0. The summed E-state index contributed by atoms with van der Waals surface area (Å²) in [5, 5.41) is 2.87. The number of benzene rings is 2. The van der Waals surface area contributed by atoms with Gasteiger partial charge in [-0.1, -0.05) is 18.2 Å². The number of anilines is 2. The summed E-state index contributed by atoms with van der Waals surface area (Å²) in [5.74, 6) is 0.592. The number of amides is 2. The molecule has 0 bridgehead atoms. The third kappa shape index (κ3) is 3.43. The Balaban J connectivity index is 1.40. The zero-order valence-electron chi connectivity index (χ0n) is 14.7. The van der Waals surface area contributed by atoms with Crippen molar-refractivity contribution in [3.8, 4) is 5.75 Å². The van der Waals surface area contributed by atoms with Crippen LogP contribution in [0.5, 0.6) is 5.75 Å². The number of ether oxygens (including phenoxy) is 1. The van der Waals surface area contributed by atoms with E-state index in [1.54, 1.807) is 4.90 Å². The lowest BCUT2D eigenvalue weighted by atomic mass is 10.1. The van der Waals surface area contributed by atoms with E-state index in [1.807, 2.05) is 36.4 Å². The Labute approximate surface area is 153 Å². The van der Waals surface area contributed by atoms with E-state index in [1.165, 1.54) is 17.5 Å². The maximum absolute atomic E-state index is 12.3. The molecule has 0 aromatic heterocycles. The predicted octanol–water partition coefficient (Wildman–Crippen LogP) is 3.32. The van der Waals surface area contributed by atoms with Crippen LogP contribution < -0.4 is 15.0 Å². The topological polar surface area (TPSA) is 58.6 Å². The first kappa shape index (κ1) is 16.6. The molecule has 0 atom stereocenters. The molecule has 2 aliphatic rings. The van der Waals surface area contributed by atoms with Gasteiger partial charge in [-0.05, 0) is 61.1 Å². The molecular formula is C21H22N2O3. The van der Waals surface area contributed by atoms with Crippen LogP contribution in [0.25, 0.3) is 0 Å². The Morgan fingerprint density at radius 1 is 1.04 bits per heavy atom. The quantitative estimate of drug-likeness (QED) is 0.900. The van der Waals surface area contributed by atoms with Gasteiger partial charge in [0.25, 0.3) is 5.91 Å². The minimum Gasteiger partial charge on any atom is -0.484 e. The van der Waals surface area contributed by atoms with E-state index < -0.39 is 0 Å². The molecule has 2 amide bonds. The summed E-state index contributed by atoms with van der Waals surface area (Å²) in [4.78, 5) is 26.1. The maximum Gasteiger partial charge on any atom is 0.262 e. The standard InChI is InChI=1S/C21H22N2O3/c24-20(14-26-17-11-10-15-5-3-6-16(15)13-17)22-18-7-1-2-8-19(18)23-12-4-9-21(23)25/h1-2,7-8,10-11,13H,3-6,9,12,14H2,(H,22,24). The van der Waals surface area contributed by atoms with Gasteiger partial charge in [-0.2, -0.15) is 0 Å². The fourth-order valence-electron chi connectivity index (χ4n) is 3.69. The van der Waals surface area contributed by atoms with Crippen molar-refractivity contribution in [3.05, 3.63) is 53.6 Å². The van der Waals surface area contributed by atoms with Gasteiger partial charge < -0.3 is 15.0 Å². The number of nitrogens with zero attached hydrogens (tertiary/aromatic N) is 1. The van der Waals surface area contributed by atoms with Crippen molar-refractivity contribution in [1.82, 2.24) is 0 Å². The molecule has 2 aromatic carbocycles. The zero-order valence-corrected chi connectivity index (χ0v) is 14.7. The summed E-state index contributed by atoms with van der Waals surface area (Å²) in [6.45, 7) is 0.637. The highest BCUT2D eigenvalue weighted by Gasteiger charge is 2.24. The van der Waals surface area contributed by atoms with Gasteiger partial charge in [0.15, 0.2) is 6.61 Å². The first-order valence-electron chi connectivity index (χ1n) is 9.14. The van der Waals surface area contributed by atoms with Gasteiger partial charge in [-0.3, -0.25) is 9.59 Å². The normalized spacial score (nSPS) is 15.8. The second-order valence-corrected chi connectivity index (χ2v) is 6.79. The smallest absolute Gasteiger partial charge is 0.262 e. The molecule has 0 saturated carbocycles. The van der Waals surface area contributed by atoms with Crippen molar-refractivity contribution in [2.75, 3.05) is 23.4 Å². The molecule has 1 saturated heterocycles. The molecule has 26 heavy (non-hydrogen) atoms. The highest BCUT2D eigenvalue weighted by atomic mass is 16.5. The molecule has 134 valence electrons. The van der Waals surface area contributed by atoms with Crippen molar-refractivity contribution in [2.24, 2.45) is 0 Å². The van der Waals surface area contributed by atoms with E-state index in [2.05, 4.69) is 11.4 Å². The van der Waals surface area contributed by atoms with Crippen molar-refractivity contribution in [2.45, 2.75) is 32.1 Å². The van der Waals surface area contributed by atoms with Crippen LogP contribution in [0, 0.1) is 0 Å². The molecule has 0 spiro atoms. The molecule has 1 fully saturated rings. The van der Waals surface area contributed by atoms with E-state index in [9.17, 15) is 9.59 Å². The minimum atomic E-state index is -0.232. The van der Waals surface area contributed by atoms with Crippen molar-refractivity contribution in [1.29, 1.82) is 0 Å². The lowest BCUT2D eigenvalue weighted by Gasteiger charge is -2.20. The van der Waals surface area contributed by atoms with Crippen LogP contribution in [0.15, 0.2) is 42.5 Å². The Morgan fingerprint density at radius 2 is 1.88 bits per heavy atom. The Hall–Kier alpha value is -2.82. The van der Waals surface area contributed by atoms with Gasteiger partial charge in [-0.15, -0.1) is 0 Å². The fraction of sp³-hybridized carbons (Fsp3) is 0.333. The largest absolute Gasteiger partial charge is 0.484 e. The number of fused-ring (bicyclic) bond motifs is 1. The molecule has 4 rings (SSSR count). The SMILES string of the molecule is O=C(COc1ccc2c(c1)CCC2)Nc1ccccc1N1CCCC1=O. The lowest BCUT2D eigenvalue weighted by Crippen LogP contribution is -2.26. The molecule has 0 radical (unpaired) electrons. The number of para-hydroxylation sites is 2. The molecular weight excluding hydrogens is 328 g/mol. The highest BCUT2D eigenvalue weighted by Crippen LogP contribution is 2.29. The average Bonchev–Trinajstić information content (AvgIpc) is 3.28. The predicted molar refractivity (Wildman–Crippen MR) is 101 cm³/mol. The summed E-state index contributed by atoms with van der Waals surface area (Å²) in [5.41, 5.74) is 4.10. The van der Waals surface area contributed by atoms with Gasteiger partial charge in [0.2, 0.25) is 5.91 Å². The number of hydrogen-bond donors (Lipinski definition) is 1. The van der Waals surface area contributed by atoms with Crippen LogP contribution in [0.4, 0.5) is 11.4 Å². The van der Waals surface area contributed by atoms with E-state index >= 15 is 0 Å². The number of nitrogens with one attached hydrogen (secondary N) is 1. The first-order chi connectivity index (χ1) is 12.7. The summed E-state index contributed by atoms with van der Waals surface area (Å²) >= 11 is 0. The van der Waals surface area contributed by atoms with Crippen LogP contribution >= 0.6 is 0 Å². The monoisotopic (exact) mass is 350 g/mol. The number of carbonyl (C=O) groups excluding carboxylic acids is 2. The molecule has 5 nitrogen and oxygen atoms in total. The van der Waals surface area contributed by atoms with Gasteiger partial charge in [0, 0.05) is 13.0 Å². The lowest BCUT2D eigenvalue weighted by molar-refractivity contribution is -0.118. The molecule has 5 heteroatoms. The number of carbonyl (C=O) groups is 2. The number of hydrogen-bond acceptors (Lipinski definition) is 3. The molecule has 2 aromatic rings. The fourth-order valence-corrected chi connectivity index (χ4v) is 3.69. The average molecular weight is 350 g/mol. The second kappa shape index (κ2) is 7.20. The van der Waals surface area contributed by atoms with Gasteiger partial charge in [-0.25, -0.2) is 0 Å². The van der Waals surface area contributed by atoms with Gasteiger partial charge in [0.05, 0.1) is 11.4 Å². The molecule has 0 unspecified atom stereocenters. The van der Waals surface area contributed by atoms with Crippen LogP contribution in [0.3, 0.4) is 0 Å². The second-order valence-electron chi connectivity index (χ2n) is 6.79. The van der Waals surface area contributed by atoms with Crippen LogP contribution in [0.1, 0.15) is 30.4 Å². The minimum absolute atomic E-state index is 0.0545. The van der Waals surface area contributed by atoms with Crippen LogP contribution in [-0.4, -0.2) is 25.0 Å². The van der Waals surface area contributed by atoms with Crippen molar-refractivity contribution >= 4 is 23.2 Å². The van der Waals surface area contributed by atoms with E-state index in [0.717, 1.165) is 30.7 Å². The Bertz CT molecular complexity index is 847. The van der Waals surface area contributed by atoms with E-state index in [4.69, 9.17) is 4.74 Å². The summed E-state index contributed by atoms with van der Waals surface area (Å²) in [6, 6.07) is 13.4. The summed E-state index contributed by atoms with van der Waals surface area (Å²) < 4.78 is 5.66. The van der Waals surface area contributed by atoms with E-state index in [0.29, 0.717) is 18.7 Å². The Morgan fingerprint density at radius 3 is 2.73 bits per heavy atom. The van der Waals surface area contributed by atoms with Crippen molar-refractivity contribution in [3.63, 3.8) is 0 Å². The molecule has 1 heterocycles. The third-order valence-corrected chi connectivity index (χ3v) is 4.98. The summed E-state index contributed by atoms with van der Waals surface area (Å²) in [6.07, 6.45) is 4.80. The molecule has 1 N–H and O–H groups in total. The first-order valence-corrected chi connectivity index (χ1v) is 9.14. The van der Waals surface area contributed by atoms with Crippen LogP contribution in [-0.2, 0) is 22.4 Å².